The molecule has 0 bridgehead atoms. The number of amides is 1. The topological polar surface area (TPSA) is 96.3 Å². The summed E-state index contributed by atoms with van der Waals surface area (Å²) in [6.07, 6.45) is 5.53. The van der Waals surface area contributed by atoms with E-state index in [0.717, 1.165) is 36.9 Å². The van der Waals surface area contributed by atoms with Crippen LogP contribution in [0.15, 0.2) is 36.7 Å². The largest absolute Gasteiger partial charge is 0.453 e. The second-order valence-corrected chi connectivity index (χ2v) is 8.27. The summed E-state index contributed by atoms with van der Waals surface area (Å²) in [5.41, 5.74) is 8.39. The van der Waals surface area contributed by atoms with Crippen LogP contribution < -0.4 is 15.8 Å². The molecule has 0 unspecified atom stereocenters. The Kier molecular flexibility index (Phi) is 6.20. The van der Waals surface area contributed by atoms with Gasteiger partial charge in [-0.25, -0.2) is 9.37 Å². The highest BCUT2D eigenvalue weighted by atomic mass is 19.1. The number of likely N-dealkylation sites (tertiary alicyclic amines) is 1. The van der Waals surface area contributed by atoms with Gasteiger partial charge in [0.15, 0.2) is 11.6 Å². The first-order valence-corrected chi connectivity index (χ1v) is 10.5. The van der Waals surface area contributed by atoms with Crippen molar-refractivity contribution >= 4 is 16.9 Å². The van der Waals surface area contributed by atoms with Crippen LogP contribution in [0, 0.1) is 12.7 Å². The molecule has 1 saturated heterocycles. The molecule has 1 amide bonds. The fourth-order valence-corrected chi connectivity index (χ4v) is 3.95. The van der Waals surface area contributed by atoms with Crippen LogP contribution in [0.4, 0.5) is 4.39 Å². The van der Waals surface area contributed by atoms with Gasteiger partial charge in [-0.05, 0) is 75.6 Å². The zero-order chi connectivity index (χ0) is 22.0. The molecule has 2 aromatic heterocycles. The number of fused-ring (bicyclic) bond motifs is 1. The molecule has 0 spiro atoms. The average molecular weight is 426 g/mol. The van der Waals surface area contributed by atoms with E-state index in [0.29, 0.717) is 17.0 Å². The van der Waals surface area contributed by atoms with Crippen molar-refractivity contribution in [2.24, 2.45) is 5.73 Å². The number of aromatic nitrogens is 2. The lowest BCUT2D eigenvalue weighted by Crippen LogP contribution is -2.49. The number of hydrogen-bond donors (Lipinski definition) is 3. The third kappa shape index (κ3) is 4.86. The maximum Gasteiger partial charge on any atom is 0.237 e. The zero-order valence-corrected chi connectivity index (χ0v) is 17.8. The fraction of sp³-hybridized carbons (Fsp3) is 0.391. The van der Waals surface area contributed by atoms with Gasteiger partial charge in [0.1, 0.15) is 11.4 Å². The molecular formula is C23H28FN5O2. The minimum Gasteiger partial charge on any atom is -0.453 e. The summed E-state index contributed by atoms with van der Waals surface area (Å²) in [6.45, 7) is 3.85. The number of halogens is 1. The Morgan fingerprint density at radius 2 is 2.13 bits per heavy atom. The number of nitrogens with one attached hydrogen (secondary N) is 2. The quantitative estimate of drug-likeness (QED) is 0.564. The number of aromatic amines is 1. The second kappa shape index (κ2) is 9.03. The molecule has 0 radical (unpaired) electrons. The van der Waals surface area contributed by atoms with Crippen LogP contribution in [-0.4, -0.2) is 53.0 Å². The van der Waals surface area contributed by atoms with E-state index in [1.54, 1.807) is 24.4 Å². The lowest BCUT2D eigenvalue weighted by Gasteiger charge is -2.30. The Labute approximate surface area is 180 Å². The number of pyridine rings is 1. The standard InChI is InChI=1S/C23H28FN5O2/c1-14-13-27-22-21(14)20(5-8-26-22)31-19-4-3-15(11-17(19)24)12-18(25)23(30)28-16-6-9-29(2)10-7-16/h3-5,8,11,13,16,18H,6-7,9-10,12,25H2,1-2H3,(H,26,27)(H,28,30)/t18-/m0/s1. The second-order valence-electron chi connectivity index (χ2n) is 8.27. The molecule has 3 heterocycles. The Bertz CT molecular complexity index is 1080. The molecule has 1 aliphatic heterocycles. The van der Waals surface area contributed by atoms with Gasteiger partial charge in [0.05, 0.1) is 11.4 Å². The number of benzene rings is 1. The van der Waals surface area contributed by atoms with Gasteiger partial charge in [-0.15, -0.1) is 0 Å². The Balaban J connectivity index is 1.40. The summed E-state index contributed by atoms with van der Waals surface area (Å²) in [5.74, 6) is -0.0539. The van der Waals surface area contributed by atoms with Crippen molar-refractivity contribution in [1.82, 2.24) is 20.2 Å². The summed E-state index contributed by atoms with van der Waals surface area (Å²) in [6, 6.07) is 5.81. The van der Waals surface area contributed by atoms with E-state index in [2.05, 4.69) is 27.2 Å². The van der Waals surface area contributed by atoms with Crippen molar-refractivity contribution < 1.29 is 13.9 Å². The highest BCUT2D eigenvalue weighted by Crippen LogP contribution is 2.32. The molecule has 0 saturated carbocycles. The maximum absolute atomic E-state index is 14.7. The van der Waals surface area contributed by atoms with E-state index < -0.39 is 11.9 Å². The molecule has 1 fully saturated rings. The molecule has 3 aromatic rings. The number of aryl methyl sites for hydroxylation is 1. The van der Waals surface area contributed by atoms with E-state index in [1.165, 1.54) is 6.07 Å². The molecule has 8 heteroatoms. The van der Waals surface area contributed by atoms with Gasteiger partial charge in [-0.3, -0.25) is 4.79 Å². The number of carbonyl (C=O) groups excluding carboxylic acids is 1. The highest BCUT2D eigenvalue weighted by Gasteiger charge is 2.22. The SMILES string of the molecule is Cc1c[nH]c2nccc(Oc3ccc(C[C@H](N)C(=O)NC4CCN(C)CC4)cc3F)c12. The molecule has 1 atom stereocenters. The number of nitrogens with two attached hydrogens (primary N) is 1. The van der Waals surface area contributed by atoms with Gasteiger partial charge in [-0.1, -0.05) is 6.07 Å². The molecule has 0 aliphatic carbocycles. The number of nitrogens with zero attached hydrogens (tertiary/aromatic N) is 2. The van der Waals surface area contributed by atoms with E-state index in [-0.39, 0.29) is 24.1 Å². The van der Waals surface area contributed by atoms with E-state index in [9.17, 15) is 9.18 Å². The van der Waals surface area contributed by atoms with E-state index >= 15 is 0 Å². The average Bonchev–Trinajstić information content (AvgIpc) is 3.13. The number of piperidine rings is 1. The number of rotatable bonds is 6. The Hall–Kier alpha value is -2.97. The first-order chi connectivity index (χ1) is 14.9. The van der Waals surface area contributed by atoms with Crippen LogP contribution in [0.5, 0.6) is 11.5 Å². The number of H-pyrrole nitrogens is 1. The number of hydrogen-bond acceptors (Lipinski definition) is 5. The van der Waals surface area contributed by atoms with Crippen molar-refractivity contribution in [3.8, 4) is 11.5 Å². The number of ether oxygens (including phenoxy) is 1. The number of carbonyl (C=O) groups is 1. The summed E-state index contributed by atoms with van der Waals surface area (Å²) in [5, 5.41) is 3.84. The lowest BCUT2D eigenvalue weighted by molar-refractivity contribution is -0.123. The monoisotopic (exact) mass is 425 g/mol. The minimum atomic E-state index is -0.729. The van der Waals surface area contributed by atoms with Crippen LogP contribution in [0.1, 0.15) is 24.0 Å². The molecule has 7 nitrogen and oxygen atoms in total. The predicted molar refractivity (Wildman–Crippen MR) is 118 cm³/mol. The Morgan fingerprint density at radius 3 is 2.87 bits per heavy atom. The van der Waals surface area contributed by atoms with Crippen molar-refractivity contribution in [1.29, 1.82) is 0 Å². The molecule has 4 rings (SSSR count). The third-order valence-corrected chi connectivity index (χ3v) is 5.81. The molecule has 4 N–H and O–H groups in total. The van der Waals surface area contributed by atoms with Gasteiger partial charge in [0.2, 0.25) is 5.91 Å². The molecule has 1 aromatic carbocycles. The normalized spacial score (nSPS) is 16.4. The van der Waals surface area contributed by atoms with Crippen LogP contribution in [-0.2, 0) is 11.2 Å². The van der Waals surface area contributed by atoms with Crippen LogP contribution in [0.25, 0.3) is 11.0 Å². The summed E-state index contributed by atoms with van der Waals surface area (Å²) >= 11 is 0. The summed E-state index contributed by atoms with van der Waals surface area (Å²) in [4.78, 5) is 22.0. The predicted octanol–water partition coefficient (Wildman–Crippen LogP) is 2.88. The van der Waals surface area contributed by atoms with Gasteiger partial charge in [0.25, 0.3) is 0 Å². The van der Waals surface area contributed by atoms with Crippen LogP contribution >= 0.6 is 0 Å². The van der Waals surface area contributed by atoms with Crippen molar-refractivity contribution in [2.75, 3.05) is 20.1 Å². The fourth-order valence-electron chi connectivity index (χ4n) is 3.95. The van der Waals surface area contributed by atoms with Crippen LogP contribution in [0.3, 0.4) is 0 Å². The van der Waals surface area contributed by atoms with Crippen molar-refractivity contribution in [3.05, 3.63) is 53.6 Å². The van der Waals surface area contributed by atoms with Crippen molar-refractivity contribution in [3.63, 3.8) is 0 Å². The van der Waals surface area contributed by atoms with Gasteiger partial charge in [0, 0.05) is 18.4 Å². The first kappa shape index (κ1) is 21.3. The highest BCUT2D eigenvalue weighted by molar-refractivity contribution is 5.86. The van der Waals surface area contributed by atoms with Gasteiger partial charge < -0.3 is 25.7 Å². The van der Waals surface area contributed by atoms with Gasteiger partial charge >= 0.3 is 0 Å². The van der Waals surface area contributed by atoms with Gasteiger partial charge in [-0.2, -0.15) is 0 Å². The first-order valence-electron chi connectivity index (χ1n) is 10.5. The minimum absolute atomic E-state index is 0.112. The third-order valence-electron chi connectivity index (χ3n) is 5.81. The summed E-state index contributed by atoms with van der Waals surface area (Å²) in [7, 11) is 2.07. The van der Waals surface area contributed by atoms with E-state index in [4.69, 9.17) is 10.5 Å². The van der Waals surface area contributed by atoms with E-state index in [1.807, 2.05) is 13.1 Å². The summed E-state index contributed by atoms with van der Waals surface area (Å²) < 4.78 is 20.6. The van der Waals surface area contributed by atoms with Crippen LogP contribution in [0.2, 0.25) is 0 Å². The zero-order valence-electron chi connectivity index (χ0n) is 17.8. The van der Waals surface area contributed by atoms with Crippen molar-refractivity contribution in [2.45, 2.75) is 38.3 Å². The molecular weight excluding hydrogens is 397 g/mol. The smallest absolute Gasteiger partial charge is 0.237 e. The lowest BCUT2D eigenvalue weighted by atomic mass is 10.0. The maximum atomic E-state index is 14.7. The molecule has 31 heavy (non-hydrogen) atoms. The molecule has 1 aliphatic rings. The Morgan fingerprint density at radius 1 is 1.35 bits per heavy atom. The molecule has 164 valence electrons.